The molecule has 18 heavy (non-hydrogen) atoms. The van der Waals surface area contributed by atoms with Gasteiger partial charge in [-0.25, -0.2) is 15.0 Å². The van der Waals surface area contributed by atoms with E-state index in [0.717, 1.165) is 16.6 Å². The number of rotatable bonds is 3. The van der Waals surface area contributed by atoms with Crippen LogP contribution in [0.1, 0.15) is 25.1 Å². The van der Waals surface area contributed by atoms with Crippen LogP contribution in [0.25, 0.3) is 11.0 Å². The molecule has 0 spiro atoms. The zero-order chi connectivity index (χ0) is 13.3. The standard InChI is InChI=1S/C13H18N4O/c1-8-5-9(2)16-11-10(8)12(15-7-14-11)17-13(3,4)6-18/h5,7,18H,6H2,1-4H3,(H,14,15,16,17). The average Bonchev–Trinajstić information content (AvgIpc) is 2.27. The van der Waals surface area contributed by atoms with Crippen LogP contribution in [0.4, 0.5) is 5.82 Å². The van der Waals surface area contributed by atoms with Gasteiger partial charge in [0, 0.05) is 5.69 Å². The largest absolute Gasteiger partial charge is 0.394 e. The van der Waals surface area contributed by atoms with Gasteiger partial charge in [0.05, 0.1) is 17.5 Å². The van der Waals surface area contributed by atoms with Crippen molar-refractivity contribution in [1.29, 1.82) is 0 Å². The number of aliphatic hydroxyl groups is 1. The summed E-state index contributed by atoms with van der Waals surface area (Å²) in [6.45, 7) is 7.81. The Balaban J connectivity index is 2.58. The van der Waals surface area contributed by atoms with Crippen LogP contribution in [0.15, 0.2) is 12.4 Å². The molecule has 0 aromatic carbocycles. The summed E-state index contributed by atoms with van der Waals surface area (Å²) in [5, 5.41) is 13.5. The van der Waals surface area contributed by atoms with E-state index in [2.05, 4.69) is 20.3 Å². The average molecular weight is 246 g/mol. The van der Waals surface area contributed by atoms with Gasteiger partial charge in [-0.3, -0.25) is 0 Å². The van der Waals surface area contributed by atoms with Gasteiger partial charge in [-0.15, -0.1) is 0 Å². The zero-order valence-electron chi connectivity index (χ0n) is 11.2. The van der Waals surface area contributed by atoms with E-state index in [1.54, 1.807) is 0 Å². The summed E-state index contributed by atoms with van der Waals surface area (Å²) in [5.41, 5.74) is 2.26. The van der Waals surface area contributed by atoms with Gasteiger partial charge in [-0.1, -0.05) is 0 Å². The number of aliphatic hydroxyl groups excluding tert-OH is 1. The molecule has 5 heteroatoms. The van der Waals surface area contributed by atoms with E-state index >= 15 is 0 Å². The molecule has 2 rings (SSSR count). The molecule has 0 aliphatic rings. The smallest absolute Gasteiger partial charge is 0.165 e. The second kappa shape index (κ2) is 4.49. The predicted molar refractivity (Wildman–Crippen MR) is 71.6 cm³/mol. The van der Waals surface area contributed by atoms with E-state index in [0.29, 0.717) is 11.5 Å². The molecular weight excluding hydrogens is 228 g/mol. The topological polar surface area (TPSA) is 70.9 Å². The summed E-state index contributed by atoms with van der Waals surface area (Å²) in [6.07, 6.45) is 1.49. The normalized spacial score (nSPS) is 11.8. The summed E-state index contributed by atoms with van der Waals surface area (Å²) in [4.78, 5) is 12.9. The minimum absolute atomic E-state index is 0.0246. The Morgan fingerprint density at radius 1 is 1.28 bits per heavy atom. The summed E-state index contributed by atoms with van der Waals surface area (Å²) >= 11 is 0. The highest BCUT2D eigenvalue weighted by Gasteiger charge is 2.19. The van der Waals surface area contributed by atoms with Crippen molar-refractivity contribution >= 4 is 16.9 Å². The molecule has 0 unspecified atom stereocenters. The molecule has 2 N–H and O–H groups in total. The Kier molecular flexibility index (Phi) is 3.17. The first-order valence-electron chi connectivity index (χ1n) is 5.91. The predicted octanol–water partition coefficient (Wildman–Crippen LogP) is 1.82. The molecule has 0 saturated heterocycles. The highest BCUT2D eigenvalue weighted by Crippen LogP contribution is 2.24. The van der Waals surface area contributed by atoms with Crippen LogP contribution in [0.5, 0.6) is 0 Å². The number of hydrogen-bond donors (Lipinski definition) is 2. The third-order valence-electron chi connectivity index (χ3n) is 2.78. The lowest BCUT2D eigenvalue weighted by Crippen LogP contribution is -2.35. The number of aryl methyl sites for hydroxylation is 2. The summed E-state index contributed by atoms with van der Waals surface area (Å²) < 4.78 is 0. The second-order valence-corrected chi connectivity index (χ2v) is 5.17. The molecule has 2 aromatic heterocycles. The van der Waals surface area contributed by atoms with Gasteiger partial charge < -0.3 is 10.4 Å². The van der Waals surface area contributed by atoms with Crippen molar-refractivity contribution in [3.63, 3.8) is 0 Å². The first kappa shape index (κ1) is 12.7. The fourth-order valence-corrected chi connectivity index (χ4v) is 1.86. The maximum absolute atomic E-state index is 9.32. The van der Waals surface area contributed by atoms with Gasteiger partial charge >= 0.3 is 0 Å². The minimum atomic E-state index is -0.432. The van der Waals surface area contributed by atoms with Crippen LogP contribution in [-0.4, -0.2) is 32.2 Å². The summed E-state index contributed by atoms with van der Waals surface area (Å²) in [6, 6.07) is 2.00. The molecule has 0 bridgehead atoms. The lowest BCUT2D eigenvalue weighted by Gasteiger charge is -2.25. The number of nitrogens with zero attached hydrogens (tertiary/aromatic N) is 3. The lowest BCUT2D eigenvalue weighted by atomic mass is 10.1. The van der Waals surface area contributed by atoms with Crippen LogP contribution in [0, 0.1) is 13.8 Å². The Labute approximate surface area is 106 Å². The van der Waals surface area contributed by atoms with E-state index in [1.165, 1.54) is 6.33 Å². The molecule has 2 heterocycles. The Hall–Kier alpha value is -1.75. The van der Waals surface area contributed by atoms with Crippen molar-refractivity contribution in [1.82, 2.24) is 15.0 Å². The molecule has 0 saturated carbocycles. The van der Waals surface area contributed by atoms with Crippen molar-refractivity contribution in [2.24, 2.45) is 0 Å². The molecule has 2 aromatic rings. The van der Waals surface area contributed by atoms with Crippen molar-refractivity contribution in [3.05, 3.63) is 23.7 Å². The van der Waals surface area contributed by atoms with Crippen molar-refractivity contribution in [2.45, 2.75) is 33.2 Å². The van der Waals surface area contributed by atoms with E-state index in [4.69, 9.17) is 0 Å². The van der Waals surface area contributed by atoms with Crippen LogP contribution in [-0.2, 0) is 0 Å². The summed E-state index contributed by atoms with van der Waals surface area (Å²) in [7, 11) is 0. The van der Waals surface area contributed by atoms with Crippen LogP contribution < -0.4 is 5.32 Å². The molecule has 0 fully saturated rings. The maximum atomic E-state index is 9.32. The number of pyridine rings is 1. The van der Waals surface area contributed by atoms with Gasteiger partial charge in [0.15, 0.2) is 5.65 Å². The molecule has 0 radical (unpaired) electrons. The minimum Gasteiger partial charge on any atom is -0.394 e. The fourth-order valence-electron chi connectivity index (χ4n) is 1.86. The first-order valence-corrected chi connectivity index (χ1v) is 5.91. The van der Waals surface area contributed by atoms with Crippen LogP contribution in [0.3, 0.4) is 0 Å². The first-order chi connectivity index (χ1) is 8.43. The van der Waals surface area contributed by atoms with E-state index in [1.807, 2.05) is 33.8 Å². The molecule has 5 nitrogen and oxygen atoms in total. The van der Waals surface area contributed by atoms with Crippen molar-refractivity contribution in [3.8, 4) is 0 Å². The Morgan fingerprint density at radius 2 is 2.00 bits per heavy atom. The molecular formula is C13H18N4O. The van der Waals surface area contributed by atoms with Gasteiger partial charge in [0.25, 0.3) is 0 Å². The van der Waals surface area contributed by atoms with E-state index < -0.39 is 5.54 Å². The van der Waals surface area contributed by atoms with Crippen LogP contribution >= 0.6 is 0 Å². The monoisotopic (exact) mass is 246 g/mol. The SMILES string of the molecule is Cc1cc(C)c2c(NC(C)(C)CO)ncnc2n1. The van der Waals surface area contributed by atoms with Crippen LogP contribution in [0.2, 0.25) is 0 Å². The van der Waals surface area contributed by atoms with Crippen molar-refractivity contribution in [2.75, 3.05) is 11.9 Å². The number of fused-ring (bicyclic) bond motifs is 1. The Morgan fingerprint density at radius 3 is 2.67 bits per heavy atom. The van der Waals surface area contributed by atoms with Gasteiger partial charge in [-0.2, -0.15) is 0 Å². The zero-order valence-corrected chi connectivity index (χ0v) is 11.2. The maximum Gasteiger partial charge on any atom is 0.165 e. The molecule has 96 valence electrons. The highest BCUT2D eigenvalue weighted by molar-refractivity contribution is 5.89. The Bertz CT molecular complexity index is 580. The third-order valence-corrected chi connectivity index (χ3v) is 2.78. The van der Waals surface area contributed by atoms with Gasteiger partial charge in [0.2, 0.25) is 0 Å². The molecule has 0 aliphatic heterocycles. The second-order valence-electron chi connectivity index (χ2n) is 5.17. The number of nitrogens with one attached hydrogen (secondary N) is 1. The van der Waals surface area contributed by atoms with Gasteiger partial charge in [0.1, 0.15) is 12.1 Å². The van der Waals surface area contributed by atoms with E-state index in [9.17, 15) is 5.11 Å². The van der Waals surface area contributed by atoms with Crippen molar-refractivity contribution < 1.29 is 5.11 Å². The van der Waals surface area contributed by atoms with E-state index in [-0.39, 0.29) is 6.61 Å². The third kappa shape index (κ3) is 2.41. The van der Waals surface area contributed by atoms with Gasteiger partial charge in [-0.05, 0) is 39.3 Å². The highest BCUT2D eigenvalue weighted by atomic mass is 16.3. The number of hydrogen-bond acceptors (Lipinski definition) is 5. The molecule has 0 amide bonds. The fraction of sp³-hybridized carbons (Fsp3) is 0.462. The lowest BCUT2D eigenvalue weighted by molar-refractivity contribution is 0.234. The number of aromatic nitrogens is 3. The molecule has 0 aliphatic carbocycles. The summed E-state index contributed by atoms with van der Waals surface area (Å²) in [5.74, 6) is 0.712. The molecule has 0 atom stereocenters. The quantitative estimate of drug-likeness (QED) is 0.864. The number of anilines is 1.